The summed E-state index contributed by atoms with van der Waals surface area (Å²) in [4.78, 5) is 34.5. The molecule has 2 fully saturated rings. The minimum Gasteiger partial charge on any atom is -0.453 e. The van der Waals surface area contributed by atoms with Crippen molar-refractivity contribution in [2.24, 2.45) is 11.8 Å². The summed E-state index contributed by atoms with van der Waals surface area (Å²) in [5.41, 5.74) is 0. The van der Waals surface area contributed by atoms with Gasteiger partial charge in [0, 0.05) is 5.92 Å². The molecule has 88 valence electrons. The van der Waals surface area contributed by atoms with E-state index >= 15 is 0 Å². The van der Waals surface area contributed by atoms with Crippen molar-refractivity contribution in [3.8, 4) is 0 Å². The van der Waals surface area contributed by atoms with E-state index in [1.807, 2.05) is 0 Å². The normalized spacial score (nSPS) is 31.6. The van der Waals surface area contributed by atoms with Gasteiger partial charge in [0.15, 0.2) is 23.6 Å². The molecule has 2 rings (SSSR count). The molecule has 0 N–H and O–H groups in total. The third kappa shape index (κ3) is 1.88. The lowest BCUT2D eigenvalue weighted by atomic mass is 9.82. The molecule has 2 aliphatic rings. The SMILES string of the molecule is CC(=O)C1C(=O)OC(C2CCCCC2)C1=O. The number of carbonyl (C=O) groups excluding carboxylic acids is 3. The molecule has 1 heterocycles. The Hall–Kier alpha value is -1.19. The molecular formula is C12H16O4. The number of rotatable bonds is 2. The topological polar surface area (TPSA) is 60.4 Å². The van der Waals surface area contributed by atoms with Crippen molar-refractivity contribution in [2.45, 2.75) is 45.1 Å². The number of ketones is 2. The lowest BCUT2D eigenvalue weighted by Crippen LogP contribution is -2.32. The molecule has 0 amide bonds. The minimum atomic E-state index is -1.15. The summed E-state index contributed by atoms with van der Waals surface area (Å²) in [5, 5.41) is 0. The zero-order chi connectivity index (χ0) is 11.7. The van der Waals surface area contributed by atoms with Gasteiger partial charge in [-0.3, -0.25) is 14.4 Å². The maximum absolute atomic E-state index is 11.9. The second-order valence-electron chi connectivity index (χ2n) is 4.70. The maximum Gasteiger partial charge on any atom is 0.325 e. The Labute approximate surface area is 94.3 Å². The van der Waals surface area contributed by atoms with Gasteiger partial charge in [-0.1, -0.05) is 19.3 Å². The van der Waals surface area contributed by atoms with Crippen LogP contribution in [-0.4, -0.2) is 23.6 Å². The predicted molar refractivity (Wildman–Crippen MR) is 55.6 cm³/mol. The van der Waals surface area contributed by atoms with Crippen LogP contribution in [0.15, 0.2) is 0 Å². The zero-order valence-corrected chi connectivity index (χ0v) is 9.40. The van der Waals surface area contributed by atoms with Crippen molar-refractivity contribution in [3.63, 3.8) is 0 Å². The number of ether oxygens (including phenoxy) is 1. The van der Waals surface area contributed by atoms with Gasteiger partial charge in [-0.05, 0) is 19.8 Å². The minimum absolute atomic E-state index is 0.134. The Morgan fingerprint density at radius 2 is 1.81 bits per heavy atom. The molecule has 2 atom stereocenters. The van der Waals surface area contributed by atoms with Crippen LogP contribution in [0.5, 0.6) is 0 Å². The van der Waals surface area contributed by atoms with E-state index in [1.165, 1.54) is 13.3 Å². The van der Waals surface area contributed by atoms with Gasteiger partial charge in [-0.15, -0.1) is 0 Å². The van der Waals surface area contributed by atoms with Crippen molar-refractivity contribution < 1.29 is 19.1 Å². The first-order chi connectivity index (χ1) is 7.61. The lowest BCUT2D eigenvalue weighted by molar-refractivity contribution is -0.148. The molecule has 0 bridgehead atoms. The molecule has 1 saturated carbocycles. The molecule has 1 aliphatic carbocycles. The van der Waals surface area contributed by atoms with Crippen molar-refractivity contribution >= 4 is 17.5 Å². The molecule has 0 spiro atoms. The second-order valence-corrected chi connectivity index (χ2v) is 4.70. The lowest BCUT2D eigenvalue weighted by Gasteiger charge is -2.24. The molecule has 2 unspecified atom stereocenters. The smallest absolute Gasteiger partial charge is 0.325 e. The first kappa shape index (κ1) is 11.3. The highest BCUT2D eigenvalue weighted by atomic mass is 16.6. The van der Waals surface area contributed by atoms with Gasteiger partial charge in [0.25, 0.3) is 0 Å². The summed E-state index contributed by atoms with van der Waals surface area (Å²) in [6, 6.07) is 0. The van der Waals surface area contributed by atoms with E-state index in [-0.39, 0.29) is 11.7 Å². The Morgan fingerprint density at radius 3 is 2.31 bits per heavy atom. The summed E-state index contributed by atoms with van der Waals surface area (Å²) < 4.78 is 5.08. The Morgan fingerprint density at radius 1 is 1.19 bits per heavy atom. The van der Waals surface area contributed by atoms with Gasteiger partial charge in [-0.25, -0.2) is 0 Å². The van der Waals surface area contributed by atoms with Crippen molar-refractivity contribution in [2.75, 3.05) is 0 Å². The van der Waals surface area contributed by atoms with Gasteiger partial charge in [0.05, 0.1) is 0 Å². The fourth-order valence-corrected chi connectivity index (χ4v) is 2.66. The average Bonchev–Trinajstić information content (AvgIpc) is 2.55. The fourth-order valence-electron chi connectivity index (χ4n) is 2.66. The number of Topliss-reactive ketones (excluding diaryl/α,β-unsaturated/α-hetero) is 2. The van der Waals surface area contributed by atoms with Gasteiger partial charge >= 0.3 is 5.97 Å². The fraction of sp³-hybridized carbons (Fsp3) is 0.750. The van der Waals surface area contributed by atoms with Gasteiger partial charge in [-0.2, -0.15) is 0 Å². The predicted octanol–water partition coefficient (Wildman–Crippen LogP) is 1.27. The highest BCUT2D eigenvalue weighted by molar-refractivity contribution is 6.21. The van der Waals surface area contributed by atoms with E-state index in [4.69, 9.17) is 4.74 Å². The van der Waals surface area contributed by atoms with Crippen LogP contribution in [0.4, 0.5) is 0 Å². The van der Waals surface area contributed by atoms with Crippen LogP contribution in [0, 0.1) is 11.8 Å². The number of cyclic esters (lactones) is 1. The number of hydrogen-bond donors (Lipinski definition) is 0. The van der Waals surface area contributed by atoms with Gasteiger partial charge in [0.2, 0.25) is 0 Å². The van der Waals surface area contributed by atoms with Crippen LogP contribution in [0.2, 0.25) is 0 Å². The quantitative estimate of drug-likeness (QED) is 0.523. The number of carbonyl (C=O) groups is 3. The number of esters is 1. The summed E-state index contributed by atoms with van der Waals surface area (Å²) in [6.07, 6.45) is 4.54. The highest BCUT2D eigenvalue weighted by Crippen LogP contribution is 2.33. The number of hydrogen-bond acceptors (Lipinski definition) is 4. The Kier molecular flexibility index (Phi) is 3.08. The summed E-state index contributed by atoms with van der Waals surface area (Å²) in [5.74, 6) is -2.37. The van der Waals surface area contributed by atoms with Crippen LogP contribution in [-0.2, 0) is 19.1 Å². The van der Waals surface area contributed by atoms with Crippen molar-refractivity contribution in [1.82, 2.24) is 0 Å². The zero-order valence-electron chi connectivity index (χ0n) is 9.40. The molecule has 0 radical (unpaired) electrons. The largest absolute Gasteiger partial charge is 0.453 e. The van der Waals surface area contributed by atoms with E-state index in [9.17, 15) is 14.4 Å². The molecule has 0 aromatic carbocycles. The third-order valence-electron chi connectivity index (χ3n) is 3.53. The van der Waals surface area contributed by atoms with E-state index in [0.29, 0.717) is 0 Å². The van der Waals surface area contributed by atoms with Crippen LogP contribution < -0.4 is 0 Å². The molecule has 0 aromatic heterocycles. The highest BCUT2D eigenvalue weighted by Gasteiger charge is 2.49. The molecule has 1 saturated heterocycles. The third-order valence-corrected chi connectivity index (χ3v) is 3.53. The van der Waals surface area contributed by atoms with Crippen LogP contribution >= 0.6 is 0 Å². The van der Waals surface area contributed by atoms with E-state index in [1.54, 1.807) is 0 Å². The average molecular weight is 224 g/mol. The first-order valence-corrected chi connectivity index (χ1v) is 5.86. The van der Waals surface area contributed by atoms with Crippen LogP contribution in [0.1, 0.15) is 39.0 Å². The molecule has 4 nitrogen and oxygen atoms in total. The summed E-state index contributed by atoms with van der Waals surface area (Å²) in [6.45, 7) is 1.27. The molecule has 4 heteroatoms. The van der Waals surface area contributed by atoms with Crippen molar-refractivity contribution in [1.29, 1.82) is 0 Å². The van der Waals surface area contributed by atoms with Gasteiger partial charge < -0.3 is 4.74 Å². The molecule has 16 heavy (non-hydrogen) atoms. The Balaban J connectivity index is 2.10. The standard InChI is InChI=1S/C12H16O4/c1-7(13)9-10(14)11(16-12(9)15)8-5-3-2-4-6-8/h8-9,11H,2-6H2,1H3. The van der Waals surface area contributed by atoms with Crippen LogP contribution in [0.3, 0.4) is 0 Å². The Bertz CT molecular complexity index is 328. The van der Waals surface area contributed by atoms with E-state index in [2.05, 4.69) is 0 Å². The molecule has 1 aliphatic heterocycles. The maximum atomic E-state index is 11.9. The van der Waals surface area contributed by atoms with Gasteiger partial charge in [0.1, 0.15) is 0 Å². The van der Waals surface area contributed by atoms with Crippen molar-refractivity contribution in [3.05, 3.63) is 0 Å². The van der Waals surface area contributed by atoms with E-state index < -0.39 is 23.8 Å². The summed E-state index contributed by atoms with van der Waals surface area (Å²) in [7, 11) is 0. The molecule has 0 aromatic rings. The summed E-state index contributed by atoms with van der Waals surface area (Å²) >= 11 is 0. The molecular weight excluding hydrogens is 208 g/mol. The second kappa shape index (κ2) is 4.36. The van der Waals surface area contributed by atoms with Crippen LogP contribution in [0.25, 0.3) is 0 Å². The van der Waals surface area contributed by atoms with E-state index in [0.717, 1.165) is 25.7 Å². The first-order valence-electron chi connectivity index (χ1n) is 5.86. The monoisotopic (exact) mass is 224 g/mol.